The van der Waals surface area contributed by atoms with Crippen molar-refractivity contribution < 1.29 is 0 Å². The first-order valence-electron chi connectivity index (χ1n) is 5.04. The molecule has 0 saturated heterocycles. The van der Waals surface area contributed by atoms with Crippen LogP contribution in [0, 0.1) is 23.2 Å². The lowest BCUT2D eigenvalue weighted by Crippen LogP contribution is -2.51. The van der Waals surface area contributed by atoms with Crippen molar-refractivity contribution in [3.8, 4) is 0 Å². The van der Waals surface area contributed by atoms with Gasteiger partial charge in [0.25, 0.3) is 0 Å². The zero-order valence-electron chi connectivity index (χ0n) is 8.65. The van der Waals surface area contributed by atoms with E-state index < -0.39 is 0 Å². The van der Waals surface area contributed by atoms with E-state index in [9.17, 15) is 0 Å². The van der Waals surface area contributed by atoms with Gasteiger partial charge in [0.15, 0.2) is 0 Å². The molecule has 1 aliphatic carbocycles. The second-order valence-electron chi connectivity index (χ2n) is 4.69. The fourth-order valence-corrected chi connectivity index (χ4v) is 2.92. The Kier molecular flexibility index (Phi) is 2.32. The van der Waals surface area contributed by atoms with Crippen molar-refractivity contribution in [1.82, 2.24) is 0 Å². The highest BCUT2D eigenvalue weighted by atomic mass is 14.6. The lowest BCUT2D eigenvalue weighted by molar-refractivity contribution is -0.0869. The molecule has 1 rings (SSSR count). The summed E-state index contributed by atoms with van der Waals surface area (Å²) >= 11 is 0. The number of rotatable bonds is 2. The van der Waals surface area contributed by atoms with E-state index >= 15 is 0 Å². The summed E-state index contributed by atoms with van der Waals surface area (Å²) in [5.41, 5.74) is 0.661. The van der Waals surface area contributed by atoms with Crippen molar-refractivity contribution in [2.75, 3.05) is 0 Å². The molecule has 0 heterocycles. The van der Waals surface area contributed by atoms with Crippen LogP contribution in [0.2, 0.25) is 0 Å². The molecule has 0 bridgehead atoms. The maximum atomic E-state index is 2.46. The molecule has 0 heteroatoms. The summed E-state index contributed by atoms with van der Waals surface area (Å²) in [7, 11) is 0. The molecule has 1 aliphatic rings. The highest BCUT2D eigenvalue weighted by Gasteiger charge is 2.50. The van der Waals surface area contributed by atoms with Gasteiger partial charge in [-0.1, -0.05) is 41.0 Å². The van der Waals surface area contributed by atoms with Crippen LogP contribution in [0.5, 0.6) is 0 Å². The maximum Gasteiger partial charge on any atom is -0.0269 e. The highest BCUT2D eigenvalue weighted by molar-refractivity contribution is 4.99. The molecule has 11 heavy (non-hydrogen) atoms. The van der Waals surface area contributed by atoms with Gasteiger partial charge in [0.2, 0.25) is 0 Å². The van der Waals surface area contributed by atoms with Crippen LogP contribution in [0.3, 0.4) is 0 Å². The SMILES string of the molecule is CCCC1(C)C(C)C(C)C1C. The fourth-order valence-electron chi connectivity index (χ4n) is 2.92. The first-order chi connectivity index (χ1) is 5.04. The van der Waals surface area contributed by atoms with Gasteiger partial charge in [0.05, 0.1) is 0 Å². The average Bonchev–Trinajstić information content (AvgIpc) is 2.01. The van der Waals surface area contributed by atoms with E-state index in [0.29, 0.717) is 5.41 Å². The molecule has 0 aromatic carbocycles. The summed E-state index contributed by atoms with van der Waals surface area (Å²) in [6.45, 7) is 12.0. The number of hydrogen-bond donors (Lipinski definition) is 0. The van der Waals surface area contributed by atoms with Gasteiger partial charge in [-0.15, -0.1) is 0 Å². The molecule has 2 unspecified atom stereocenters. The summed E-state index contributed by atoms with van der Waals surface area (Å²) in [5.74, 6) is 2.83. The molecule has 1 fully saturated rings. The zero-order chi connectivity index (χ0) is 8.65. The van der Waals surface area contributed by atoms with Crippen molar-refractivity contribution >= 4 is 0 Å². The molecule has 2 atom stereocenters. The molecule has 0 nitrogen and oxygen atoms in total. The maximum absolute atomic E-state index is 2.46. The lowest BCUT2D eigenvalue weighted by Gasteiger charge is -2.57. The Labute approximate surface area is 71.4 Å². The molecule has 0 radical (unpaired) electrons. The summed E-state index contributed by atoms with van der Waals surface area (Å²) in [6.07, 6.45) is 2.76. The minimum absolute atomic E-state index is 0.661. The molecule has 1 saturated carbocycles. The summed E-state index contributed by atoms with van der Waals surface area (Å²) in [6, 6.07) is 0. The van der Waals surface area contributed by atoms with Gasteiger partial charge in [0, 0.05) is 0 Å². The van der Waals surface area contributed by atoms with Crippen LogP contribution in [0.15, 0.2) is 0 Å². The molecule has 66 valence electrons. The Morgan fingerprint density at radius 3 is 1.91 bits per heavy atom. The second-order valence-corrected chi connectivity index (χ2v) is 4.69. The van der Waals surface area contributed by atoms with Gasteiger partial charge in [-0.2, -0.15) is 0 Å². The first kappa shape index (κ1) is 9.09. The van der Waals surface area contributed by atoms with E-state index in [0.717, 1.165) is 17.8 Å². The van der Waals surface area contributed by atoms with Crippen LogP contribution < -0.4 is 0 Å². The molecular formula is C11H22. The van der Waals surface area contributed by atoms with E-state index in [1.807, 2.05) is 0 Å². The van der Waals surface area contributed by atoms with Crippen LogP contribution >= 0.6 is 0 Å². The Morgan fingerprint density at radius 2 is 1.55 bits per heavy atom. The van der Waals surface area contributed by atoms with Crippen molar-refractivity contribution in [3.05, 3.63) is 0 Å². The van der Waals surface area contributed by atoms with Gasteiger partial charge in [-0.25, -0.2) is 0 Å². The quantitative estimate of drug-likeness (QED) is 0.568. The topological polar surface area (TPSA) is 0 Å². The van der Waals surface area contributed by atoms with E-state index in [2.05, 4.69) is 34.6 Å². The van der Waals surface area contributed by atoms with Crippen molar-refractivity contribution in [2.45, 2.75) is 47.5 Å². The van der Waals surface area contributed by atoms with Crippen LogP contribution in [-0.2, 0) is 0 Å². The third-order valence-electron chi connectivity index (χ3n) is 4.45. The third kappa shape index (κ3) is 1.11. The molecule has 0 aromatic rings. The molecule has 0 aliphatic heterocycles. The highest BCUT2D eigenvalue weighted by Crippen LogP contribution is 2.57. The zero-order valence-corrected chi connectivity index (χ0v) is 8.65. The van der Waals surface area contributed by atoms with Crippen molar-refractivity contribution in [1.29, 1.82) is 0 Å². The Morgan fingerprint density at radius 1 is 1.09 bits per heavy atom. The Bertz CT molecular complexity index is 127. The number of hydrogen-bond acceptors (Lipinski definition) is 0. The third-order valence-corrected chi connectivity index (χ3v) is 4.45. The average molecular weight is 154 g/mol. The van der Waals surface area contributed by atoms with Gasteiger partial charge >= 0.3 is 0 Å². The molecular weight excluding hydrogens is 132 g/mol. The Hall–Kier alpha value is 0. The van der Waals surface area contributed by atoms with E-state index in [1.54, 1.807) is 0 Å². The van der Waals surface area contributed by atoms with Crippen molar-refractivity contribution in [2.24, 2.45) is 23.2 Å². The monoisotopic (exact) mass is 154 g/mol. The molecule has 0 spiro atoms. The standard InChI is InChI=1S/C11H22/c1-6-7-11(5)9(3)8(2)10(11)4/h8-10H,6-7H2,1-5H3. The van der Waals surface area contributed by atoms with Gasteiger partial charge in [0.1, 0.15) is 0 Å². The fraction of sp³-hybridized carbons (Fsp3) is 1.00. The molecule has 0 N–H and O–H groups in total. The minimum Gasteiger partial charge on any atom is -0.0654 e. The van der Waals surface area contributed by atoms with Gasteiger partial charge < -0.3 is 0 Å². The first-order valence-corrected chi connectivity index (χ1v) is 5.04. The van der Waals surface area contributed by atoms with Crippen LogP contribution in [-0.4, -0.2) is 0 Å². The second kappa shape index (κ2) is 2.80. The lowest BCUT2D eigenvalue weighted by atomic mass is 9.48. The summed E-state index contributed by atoms with van der Waals surface area (Å²) < 4.78 is 0. The van der Waals surface area contributed by atoms with Crippen LogP contribution in [0.25, 0.3) is 0 Å². The summed E-state index contributed by atoms with van der Waals surface area (Å²) in [4.78, 5) is 0. The molecule has 0 aromatic heterocycles. The largest absolute Gasteiger partial charge is 0.0654 e. The normalized spacial score (nSPS) is 50.5. The Balaban J connectivity index is 2.58. The van der Waals surface area contributed by atoms with Gasteiger partial charge in [-0.3, -0.25) is 0 Å². The van der Waals surface area contributed by atoms with E-state index in [-0.39, 0.29) is 0 Å². The predicted octanol–water partition coefficient (Wildman–Crippen LogP) is 3.71. The van der Waals surface area contributed by atoms with Crippen molar-refractivity contribution in [3.63, 3.8) is 0 Å². The smallest absolute Gasteiger partial charge is 0.0269 e. The van der Waals surface area contributed by atoms with Crippen LogP contribution in [0.4, 0.5) is 0 Å². The minimum atomic E-state index is 0.661. The van der Waals surface area contributed by atoms with Crippen LogP contribution in [0.1, 0.15) is 47.5 Å². The predicted molar refractivity (Wildman–Crippen MR) is 50.5 cm³/mol. The van der Waals surface area contributed by atoms with Gasteiger partial charge in [-0.05, 0) is 29.6 Å². The van der Waals surface area contributed by atoms with E-state index in [1.165, 1.54) is 12.8 Å². The molecule has 0 amide bonds. The van der Waals surface area contributed by atoms with E-state index in [4.69, 9.17) is 0 Å². The summed E-state index contributed by atoms with van der Waals surface area (Å²) in [5, 5.41) is 0.